The van der Waals surface area contributed by atoms with Gasteiger partial charge in [0.15, 0.2) is 15.7 Å². The first-order chi connectivity index (χ1) is 12.6. The number of aromatic nitrogens is 2. The highest BCUT2D eigenvalue weighted by molar-refractivity contribution is 7.90. The summed E-state index contributed by atoms with van der Waals surface area (Å²) in [6.07, 6.45) is 4.64. The van der Waals surface area contributed by atoms with E-state index in [1.165, 1.54) is 12.1 Å². The third-order valence-electron chi connectivity index (χ3n) is 4.88. The number of nitriles is 1. The number of rotatable bonds is 6. The molecule has 142 valence electrons. The first-order valence-electron chi connectivity index (χ1n) is 8.49. The molecule has 0 radical (unpaired) electrons. The number of nitrogens with zero attached hydrogens (tertiary/aromatic N) is 3. The third kappa shape index (κ3) is 3.66. The fourth-order valence-electron chi connectivity index (χ4n) is 3.61. The van der Waals surface area contributed by atoms with Crippen molar-refractivity contribution in [3.8, 4) is 6.07 Å². The van der Waals surface area contributed by atoms with Crippen LogP contribution in [-0.4, -0.2) is 30.4 Å². The van der Waals surface area contributed by atoms with E-state index in [2.05, 4.69) is 23.4 Å². The molecule has 1 heterocycles. The number of carbonyl (C=O) groups is 1. The number of amides is 1. The number of primary amides is 1. The second-order valence-corrected chi connectivity index (χ2v) is 9.21. The van der Waals surface area contributed by atoms with Gasteiger partial charge in [-0.3, -0.25) is 9.48 Å². The number of sulfone groups is 1. The van der Waals surface area contributed by atoms with Gasteiger partial charge in [0.05, 0.1) is 22.9 Å². The number of hydrogen-bond acceptors (Lipinski definition) is 6. The van der Waals surface area contributed by atoms with Crippen LogP contribution in [0.15, 0.2) is 35.4 Å². The Hall–Kier alpha value is -2.86. The number of nitrogens with one attached hydrogen (secondary N) is 1. The number of hydrogen-bond donors (Lipinski definition) is 2. The molecule has 0 unspecified atom stereocenters. The minimum Gasteiger partial charge on any atom is -0.365 e. The fourth-order valence-corrected chi connectivity index (χ4v) is 4.24. The molecular weight excluding hydrogens is 366 g/mol. The number of benzene rings is 1. The molecule has 0 spiro atoms. The molecule has 0 saturated heterocycles. The second-order valence-electron chi connectivity index (χ2n) is 7.19. The summed E-state index contributed by atoms with van der Waals surface area (Å²) < 4.78 is 24.8. The van der Waals surface area contributed by atoms with Crippen LogP contribution < -0.4 is 11.1 Å². The summed E-state index contributed by atoms with van der Waals surface area (Å²) >= 11 is 0. The molecule has 8 nitrogen and oxygen atoms in total. The maximum absolute atomic E-state index is 11.9. The van der Waals surface area contributed by atoms with Crippen molar-refractivity contribution >= 4 is 27.2 Å². The molecule has 9 heteroatoms. The van der Waals surface area contributed by atoms with Crippen LogP contribution in [0.1, 0.15) is 36.5 Å². The van der Waals surface area contributed by atoms with Crippen LogP contribution >= 0.6 is 0 Å². The molecule has 2 aromatic rings. The highest BCUT2D eigenvalue weighted by Gasteiger charge is 2.45. The molecule has 0 aliphatic heterocycles. The van der Waals surface area contributed by atoms with Gasteiger partial charge in [0, 0.05) is 18.1 Å². The maximum Gasteiger partial charge on any atom is 0.254 e. The van der Waals surface area contributed by atoms with Crippen LogP contribution in [0.3, 0.4) is 0 Å². The van der Waals surface area contributed by atoms with E-state index < -0.39 is 21.3 Å². The average molecular weight is 387 g/mol. The molecule has 1 aromatic heterocycles. The zero-order valence-electron chi connectivity index (χ0n) is 15.1. The summed E-state index contributed by atoms with van der Waals surface area (Å²) in [6.45, 7) is 2.11. The zero-order chi connectivity index (χ0) is 19.8. The molecule has 1 amide bonds. The van der Waals surface area contributed by atoms with Crippen molar-refractivity contribution in [2.24, 2.45) is 11.7 Å². The lowest BCUT2D eigenvalue weighted by atomic mass is 9.67. The Morgan fingerprint density at radius 3 is 2.52 bits per heavy atom. The summed E-state index contributed by atoms with van der Waals surface area (Å²) in [6, 6.07) is 8.34. The van der Waals surface area contributed by atoms with Gasteiger partial charge in [-0.1, -0.05) is 6.92 Å². The molecule has 1 fully saturated rings. The van der Waals surface area contributed by atoms with Gasteiger partial charge >= 0.3 is 0 Å². The van der Waals surface area contributed by atoms with E-state index in [9.17, 15) is 18.5 Å². The van der Waals surface area contributed by atoms with Crippen LogP contribution in [0.4, 0.5) is 11.5 Å². The summed E-state index contributed by atoms with van der Waals surface area (Å²) in [5.41, 5.74) is 5.87. The Morgan fingerprint density at radius 2 is 2.04 bits per heavy atom. The second kappa shape index (κ2) is 6.70. The van der Waals surface area contributed by atoms with Gasteiger partial charge in [-0.05, 0) is 43.0 Å². The van der Waals surface area contributed by atoms with Gasteiger partial charge in [0.1, 0.15) is 5.56 Å². The lowest BCUT2D eigenvalue weighted by molar-refractivity contribution is 0.0684. The molecule has 0 atom stereocenters. The van der Waals surface area contributed by atoms with Crippen LogP contribution in [-0.2, 0) is 15.4 Å². The minimum absolute atomic E-state index is 0.199. The van der Waals surface area contributed by atoms with E-state index in [0.29, 0.717) is 18.0 Å². The van der Waals surface area contributed by atoms with Crippen LogP contribution in [0, 0.1) is 17.2 Å². The monoisotopic (exact) mass is 387 g/mol. The molecule has 27 heavy (non-hydrogen) atoms. The normalized spacial score (nSPS) is 21.9. The van der Waals surface area contributed by atoms with Gasteiger partial charge in [0.2, 0.25) is 0 Å². The van der Waals surface area contributed by atoms with Crippen LogP contribution in [0.2, 0.25) is 0 Å². The lowest BCUT2D eigenvalue weighted by Crippen LogP contribution is -2.45. The number of nitrogens with two attached hydrogens (primary N) is 1. The van der Waals surface area contributed by atoms with E-state index in [4.69, 9.17) is 5.73 Å². The zero-order valence-corrected chi connectivity index (χ0v) is 16.0. The highest BCUT2D eigenvalue weighted by Crippen LogP contribution is 2.46. The molecule has 1 saturated carbocycles. The SMILES string of the molecule is CC1CC(CC#N)(n2cc(C(N)=O)c(Nc3ccc(S(C)(=O)=O)cc3)n2)C1. The van der Waals surface area contributed by atoms with Gasteiger partial charge in [-0.25, -0.2) is 8.42 Å². The fraction of sp³-hybridized carbons (Fsp3) is 0.389. The van der Waals surface area contributed by atoms with Crippen molar-refractivity contribution in [3.63, 3.8) is 0 Å². The van der Waals surface area contributed by atoms with E-state index in [-0.39, 0.29) is 16.3 Å². The van der Waals surface area contributed by atoms with Gasteiger partial charge in [-0.2, -0.15) is 10.4 Å². The van der Waals surface area contributed by atoms with E-state index in [0.717, 1.165) is 19.1 Å². The molecule has 3 rings (SSSR count). The number of anilines is 2. The Morgan fingerprint density at radius 1 is 1.41 bits per heavy atom. The van der Waals surface area contributed by atoms with Crippen molar-refractivity contribution in [3.05, 3.63) is 36.0 Å². The van der Waals surface area contributed by atoms with Crippen molar-refractivity contribution < 1.29 is 13.2 Å². The van der Waals surface area contributed by atoms with Crippen molar-refractivity contribution in [2.75, 3.05) is 11.6 Å². The van der Waals surface area contributed by atoms with Crippen LogP contribution in [0.5, 0.6) is 0 Å². The summed E-state index contributed by atoms with van der Waals surface area (Å²) in [5, 5.41) is 16.7. The largest absolute Gasteiger partial charge is 0.365 e. The standard InChI is InChI=1S/C18H21N5O3S/c1-12-9-18(10-12,7-8-19)23-11-15(16(20)24)17(22-23)21-13-3-5-14(6-4-13)27(2,25)26/h3-6,11-12H,7,9-10H2,1-2H3,(H2,20,24)(H,21,22). The van der Waals surface area contributed by atoms with E-state index in [1.807, 2.05) is 0 Å². The van der Waals surface area contributed by atoms with Gasteiger partial charge in [-0.15, -0.1) is 0 Å². The predicted octanol–water partition coefficient (Wildman–Crippen LogP) is 2.17. The molecule has 3 N–H and O–H groups in total. The van der Waals surface area contributed by atoms with Crippen molar-refractivity contribution in [2.45, 2.75) is 36.6 Å². The van der Waals surface area contributed by atoms with Crippen molar-refractivity contribution in [1.82, 2.24) is 9.78 Å². The van der Waals surface area contributed by atoms with Gasteiger partial charge < -0.3 is 11.1 Å². The first kappa shape index (κ1) is 18.9. The smallest absolute Gasteiger partial charge is 0.254 e. The average Bonchev–Trinajstić information content (AvgIpc) is 2.97. The maximum atomic E-state index is 11.9. The summed E-state index contributed by atoms with van der Waals surface area (Å²) in [5.74, 6) is 0.141. The molecule has 1 aromatic carbocycles. The Balaban J connectivity index is 1.93. The topological polar surface area (TPSA) is 131 Å². The summed E-state index contributed by atoms with van der Waals surface area (Å²) in [4.78, 5) is 12.1. The predicted molar refractivity (Wildman–Crippen MR) is 100 cm³/mol. The van der Waals surface area contributed by atoms with Crippen molar-refractivity contribution in [1.29, 1.82) is 5.26 Å². The van der Waals surface area contributed by atoms with Crippen LogP contribution in [0.25, 0.3) is 0 Å². The summed E-state index contributed by atoms with van der Waals surface area (Å²) in [7, 11) is -3.29. The lowest BCUT2D eigenvalue weighted by Gasteiger charge is -2.45. The molecule has 1 aliphatic rings. The Kier molecular flexibility index (Phi) is 4.70. The number of carbonyl (C=O) groups excluding carboxylic acids is 1. The molecular formula is C18H21N5O3S. The Labute approximate surface area is 157 Å². The van der Waals surface area contributed by atoms with E-state index in [1.54, 1.807) is 23.0 Å². The third-order valence-corrected chi connectivity index (χ3v) is 6.00. The Bertz CT molecular complexity index is 1010. The molecule has 0 bridgehead atoms. The van der Waals surface area contributed by atoms with E-state index >= 15 is 0 Å². The minimum atomic E-state index is -3.29. The first-order valence-corrected chi connectivity index (χ1v) is 10.4. The molecule has 1 aliphatic carbocycles. The van der Waals surface area contributed by atoms with Gasteiger partial charge in [0.25, 0.3) is 5.91 Å². The quantitative estimate of drug-likeness (QED) is 0.781. The highest BCUT2D eigenvalue weighted by atomic mass is 32.2.